The summed E-state index contributed by atoms with van der Waals surface area (Å²) in [7, 11) is 0. The standard InChI is InChI=1S/C62H42N6/c63-58(44-21-9-3-10-22-44)57(43-19-7-2-8-20-43)59-53-39-48(33-34-49(53)40-54(64-59)42-17-5-1-6-18-42)41-29-31-46(32-30-41)61-65-60(45-23-11-4-12-24-45)66-62(67-61)47-35-37-50(38-36-47)68-55-27-15-13-25-51(55)52-26-14-16-28-56(52)68/h1-40,63-64H/b59-57-,63-58?. The Labute approximate surface area is 394 Å². The third-order valence-corrected chi connectivity index (χ3v) is 12.7. The number of para-hydroxylation sites is 2. The highest BCUT2D eigenvalue weighted by Gasteiger charge is 2.25. The Morgan fingerprint density at radius 2 is 0.838 bits per heavy atom. The number of hydrogen-bond acceptors (Lipinski definition) is 5. The molecule has 0 bridgehead atoms. The zero-order valence-corrected chi connectivity index (χ0v) is 36.9. The lowest BCUT2D eigenvalue weighted by molar-refractivity contribution is 1.07. The molecular formula is C62H42N6. The van der Waals surface area contributed by atoms with E-state index in [9.17, 15) is 5.41 Å². The van der Waals surface area contributed by atoms with E-state index in [-0.39, 0.29) is 0 Å². The van der Waals surface area contributed by atoms with Crippen LogP contribution in [-0.2, 0) is 0 Å². The summed E-state index contributed by atoms with van der Waals surface area (Å²) in [4.78, 5) is 15.2. The molecule has 2 N–H and O–H groups in total. The summed E-state index contributed by atoms with van der Waals surface area (Å²) in [5.41, 5.74) is 16.3. The lowest BCUT2D eigenvalue weighted by atomic mass is 9.86. The van der Waals surface area contributed by atoms with Gasteiger partial charge >= 0.3 is 0 Å². The maximum atomic E-state index is 9.69. The molecule has 0 radical (unpaired) electrons. The number of rotatable bonds is 9. The number of benzene rings is 9. The van der Waals surface area contributed by atoms with Crippen LogP contribution in [0.25, 0.3) is 95.8 Å². The molecule has 0 saturated heterocycles. The fraction of sp³-hybridized carbons (Fsp3) is 0. The predicted molar refractivity (Wildman–Crippen MR) is 280 cm³/mol. The predicted octanol–water partition coefficient (Wildman–Crippen LogP) is 14.7. The van der Waals surface area contributed by atoms with Gasteiger partial charge in [-0.2, -0.15) is 0 Å². The Bertz CT molecular complexity index is 3670. The molecule has 12 rings (SSSR count). The zero-order valence-electron chi connectivity index (χ0n) is 36.9. The molecule has 2 aromatic heterocycles. The maximum absolute atomic E-state index is 9.69. The van der Waals surface area contributed by atoms with Gasteiger partial charge in [0.2, 0.25) is 0 Å². The summed E-state index contributed by atoms with van der Waals surface area (Å²) >= 11 is 0. The molecule has 68 heavy (non-hydrogen) atoms. The Morgan fingerprint density at radius 1 is 0.397 bits per heavy atom. The first kappa shape index (κ1) is 40.3. The normalized spacial score (nSPS) is 12.9. The summed E-state index contributed by atoms with van der Waals surface area (Å²) in [6.07, 6.45) is 2.20. The molecule has 0 atom stereocenters. The van der Waals surface area contributed by atoms with E-state index in [1.807, 2.05) is 84.9 Å². The van der Waals surface area contributed by atoms with Gasteiger partial charge in [-0.05, 0) is 76.4 Å². The van der Waals surface area contributed by atoms with E-state index >= 15 is 0 Å². The minimum Gasteiger partial charge on any atom is -0.354 e. The number of aromatic nitrogens is 4. The molecule has 6 heteroatoms. The van der Waals surface area contributed by atoms with Gasteiger partial charge in [-0.3, -0.25) is 5.41 Å². The number of nitrogens with zero attached hydrogens (tertiary/aromatic N) is 4. The van der Waals surface area contributed by atoms with Crippen molar-refractivity contribution in [3.05, 3.63) is 264 Å². The Balaban J connectivity index is 0.935. The molecular weight excluding hydrogens is 829 g/mol. The van der Waals surface area contributed by atoms with E-state index in [4.69, 9.17) is 15.0 Å². The van der Waals surface area contributed by atoms with Crippen molar-refractivity contribution in [2.75, 3.05) is 0 Å². The first-order valence-corrected chi connectivity index (χ1v) is 22.8. The van der Waals surface area contributed by atoms with Crippen molar-refractivity contribution in [1.29, 1.82) is 5.41 Å². The van der Waals surface area contributed by atoms with Crippen LogP contribution in [0.1, 0.15) is 27.8 Å². The third-order valence-electron chi connectivity index (χ3n) is 12.7. The molecule has 0 spiro atoms. The lowest BCUT2D eigenvalue weighted by Crippen LogP contribution is -2.20. The van der Waals surface area contributed by atoms with Crippen LogP contribution in [0.3, 0.4) is 0 Å². The van der Waals surface area contributed by atoms with Crippen molar-refractivity contribution in [1.82, 2.24) is 24.8 Å². The summed E-state index contributed by atoms with van der Waals surface area (Å²) in [6, 6.07) is 81.4. The summed E-state index contributed by atoms with van der Waals surface area (Å²) in [5.74, 6) is 1.81. The van der Waals surface area contributed by atoms with Crippen LogP contribution in [0.2, 0.25) is 0 Å². The highest BCUT2D eigenvalue weighted by Crippen LogP contribution is 2.39. The molecule has 0 aliphatic carbocycles. The maximum Gasteiger partial charge on any atom is 0.164 e. The van der Waals surface area contributed by atoms with Crippen LogP contribution in [0.5, 0.6) is 0 Å². The van der Waals surface area contributed by atoms with Gasteiger partial charge < -0.3 is 9.88 Å². The summed E-state index contributed by atoms with van der Waals surface area (Å²) in [6.45, 7) is 0. The van der Waals surface area contributed by atoms with Gasteiger partial charge in [-0.25, -0.2) is 15.0 Å². The molecule has 0 unspecified atom stereocenters. The number of fused-ring (bicyclic) bond motifs is 4. The van der Waals surface area contributed by atoms with Crippen LogP contribution in [0.15, 0.2) is 237 Å². The Hall–Kier alpha value is -9.26. The van der Waals surface area contributed by atoms with Gasteiger partial charge in [0.25, 0.3) is 0 Å². The minimum atomic E-state index is 0.444. The average molecular weight is 871 g/mol. The van der Waals surface area contributed by atoms with Gasteiger partial charge in [-0.15, -0.1) is 0 Å². The topological polar surface area (TPSA) is 79.5 Å². The van der Waals surface area contributed by atoms with Gasteiger partial charge in [0.15, 0.2) is 17.5 Å². The summed E-state index contributed by atoms with van der Waals surface area (Å²) in [5, 5.41) is 16.0. The molecule has 3 heterocycles. The molecule has 0 amide bonds. The SMILES string of the molecule is N=C(/C(=C1\NC(c2ccccc2)=Cc2ccc(-c3ccc(-c4nc(-c5ccccc5)nc(-c5ccc(-n6c7ccccc7c7ccccc76)cc5)n4)cc3)cc21)c1ccccc1)c1ccccc1. The van der Waals surface area contributed by atoms with Crippen LogP contribution >= 0.6 is 0 Å². The van der Waals surface area contributed by atoms with E-state index < -0.39 is 0 Å². The molecule has 11 aromatic rings. The molecule has 1 aliphatic heterocycles. The van der Waals surface area contributed by atoms with E-state index in [0.717, 1.165) is 89.3 Å². The van der Waals surface area contributed by atoms with Crippen LogP contribution in [-0.4, -0.2) is 25.2 Å². The second-order valence-electron chi connectivity index (χ2n) is 16.9. The number of nitrogens with one attached hydrogen (secondary N) is 2. The van der Waals surface area contributed by atoms with Gasteiger partial charge in [0, 0.05) is 55.5 Å². The van der Waals surface area contributed by atoms with E-state index in [0.29, 0.717) is 23.2 Å². The van der Waals surface area contributed by atoms with Crippen LogP contribution < -0.4 is 5.32 Å². The highest BCUT2D eigenvalue weighted by molar-refractivity contribution is 6.36. The molecule has 9 aromatic carbocycles. The smallest absolute Gasteiger partial charge is 0.164 e. The first-order valence-electron chi connectivity index (χ1n) is 22.8. The highest BCUT2D eigenvalue weighted by atomic mass is 15.0. The van der Waals surface area contributed by atoms with Crippen molar-refractivity contribution in [3.8, 4) is 51.0 Å². The van der Waals surface area contributed by atoms with E-state index in [2.05, 4.69) is 168 Å². The fourth-order valence-corrected chi connectivity index (χ4v) is 9.33. The Kier molecular flexibility index (Phi) is 10.2. The molecule has 0 saturated carbocycles. The molecule has 1 aliphatic rings. The minimum absolute atomic E-state index is 0.444. The molecule has 6 nitrogen and oxygen atoms in total. The monoisotopic (exact) mass is 870 g/mol. The number of hydrogen-bond donors (Lipinski definition) is 2. The van der Waals surface area contributed by atoms with Gasteiger partial charge in [-0.1, -0.05) is 194 Å². The zero-order chi connectivity index (χ0) is 45.4. The molecule has 0 fully saturated rings. The second kappa shape index (κ2) is 17.3. The quantitative estimate of drug-likeness (QED) is 0.142. The van der Waals surface area contributed by atoms with Crippen molar-refractivity contribution in [2.45, 2.75) is 0 Å². The largest absolute Gasteiger partial charge is 0.354 e. The van der Waals surface area contributed by atoms with Crippen molar-refractivity contribution < 1.29 is 0 Å². The average Bonchev–Trinajstić information content (AvgIpc) is 3.76. The van der Waals surface area contributed by atoms with Gasteiger partial charge in [0.1, 0.15) is 0 Å². The van der Waals surface area contributed by atoms with Crippen molar-refractivity contribution in [2.24, 2.45) is 0 Å². The fourth-order valence-electron chi connectivity index (χ4n) is 9.33. The summed E-state index contributed by atoms with van der Waals surface area (Å²) < 4.78 is 2.32. The van der Waals surface area contributed by atoms with E-state index in [1.165, 1.54) is 10.8 Å². The number of allylic oxidation sites excluding steroid dienone is 1. The third kappa shape index (κ3) is 7.46. The lowest BCUT2D eigenvalue weighted by Gasteiger charge is -2.27. The van der Waals surface area contributed by atoms with E-state index in [1.54, 1.807) is 0 Å². The first-order chi connectivity index (χ1) is 33.6. The Morgan fingerprint density at radius 3 is 1.41 bits per heavy atom. The van der Waals surface area contributed by atoms with Crippen LogP contribution in [0.4, 0.5) is 0 Å². The second-order valence-corrected chi connectivity index (χ2v) is 16.9. The van der Waals surface area contributed by atoms with Gasteiger partial charge in [0.05, 0.1) is 22.4 Å². The van der Waals surface area contributed by atoms with Crippen molar-refractivity contribution in [3.63, 3.8) is 0 Å². The molecule has 320 valence electrons. The van der Waals surface area contributed by atoms with Crippen LogP contribution in [0, 0.1) is 5.41 Å². The van der Waals surface area contributed by atoms with Crippen molar-refractivity contribution >= 4 is 50.6 Å².